The Bertz CT molecular complexity index is 2370. The number of carbonyl (C=O) groups excluding carboxylic acids is 3. The summed E-state index contributed by atoms with van der Waals surface area (Å²) in [6.45, 7) is 5.86. The highest BCUT2D eigenvalue weighted by Gasteiger charge is 2.39. The summed E-state index contributed by atoms with van der Waals surface area (Å²) in [7, 11) is 6.15. The van der Waals surface area contributed by atoms with E-state index in [0.29, 0.717) is 63.8 Å². The minimum Gasteiger partial charge on any atom is -0.465 e. The van der Waals surface area contributed by atoms with E-state index in [1.54, 1.807) is 23.9 Å². The van der Waals surface area contributed by atoms with Crippen molar-refractivity contribution in [3.05, 3.63) is 84.7 Å². The third-order valence-corrected chi connectivity index (χ3v) is 12.6. The van der Waals surface area contributed by atoms with Gasteiger partial charge < -0.3 is 44.4 Å². The first kappa shape index (κ1) is 43.8. The summed E-state index contributed by atoms with van der Waals surface area (Å²) in [5, 5.41) is 14.6. The summed E-state index contributed by atoms with van der Waals surface area (Å²) in [6.07, 6.45) is 4.45. The Morgan fingerprint density at radius 2 is 1.15 bits per heavy atom. The van der Waals surface area contributed by atoms with Crippen LogP contribution in [0.25, 0.3) is 44.4 Å². The van der Waals surface area contributed by atoms with Gasteiger partial charge in [-0.1, -0.05) is 48.5 Å². The van der Waals surface area contributed by atoms with E-state index >= 15 is 0 Å². The highest BCUT2D eigenvalue weighted by molar-refractivity contribution is 5.91. The number of hydrogen-bond acceptors (Lipinski definition) is 9. The van der Waals surface area contributed by atoms with Crippen LogP contribution in [0, 0.1) is 11.8 Å². The molecular weight excluding hydrogens is 793 g/mol. The van der Waals surface area contributed by atoms with Crippen LogP contribution in [0.3, 0.4) is 0 Å². The average Bonchev–Trinajstić information content (AvgIpc) is 4.02. The number of rotatable bonds is 13. The SMILES string of the molecule is COC(=O)N[C@H](C(=O)N(C)[C@@H](C)c1nc(-c2ccc3cc(-c4ccc(-c5c[nH]c([C@H](C)N(C)C(=O)[C@H](C6CCOCC6)N(C)C(=O)O)n5)cc4)ccc3c2)c[nH]1)C1CCOCC1. The van der Waals surface area contributed by atoms with Crippen LogP contribution in [0.4, 0.5) is 9.59 Å². The van der Waals surface area contributed by atoms with Crippen molar-refractivity contribution < 1.29 is 38.5 Å². The summed E-state index contributed by atoms with van der Waals surface area (Å²) >= 11 is 0. The van der Waals surface area contributed by atoms with Crippen molar-refractivity contribution in [1.82, 2.24) is 40.0 Å². The molecule has 62 heavy (non-hydrogen) atoms. The van der Waals surface area contributed by atoms with Crippen LogP contribution in [0.15, 0.2) is 73.1 Å². The normalized spacial score (nSPS) is 16.8. The molecule has 2 fully saturated rings. The molecule has 16 heteroatoms. The number of ether oxygens (including phenoxy) is 3. The number of nitrogens with zero attached hydrogens (tertiary/aromatic N) is 5. The van der Waals surface area contributed by atoms with E-state index in [9.17, 15) is 24.3 Å². The average molecular weight is 849 g/mol. The predicted octanol–water partition coefficient (Wildman–Crippen LogP) is 6.88. The van der Waals surface area contributed by atoms with Crippen molar-refractivity contribution in [3.63, 3.8) is 0 Å². The number of H-pyrrole nitrogens is 2. The molecule has 2 aliphatic heterocycles. The molecule has 0 aliphatic carbocycles. The van der Waals surface area contributed by atoms with Crippen molar-refractivity contribution in [1.29, 1.82) is 0 Å². The van der Waals surface area contributed by atoms with Crippen LogP contribution >= 0.6 is 0 Å². The second-order valence-electron chi connectivity index (χ2n) is 16.3. The number of aromatic amines is 2. The zero-order valence-corrected chi connectivity index (χ0v) is 36.1. The van der Waals surface area contributed by atoms with Gasteiger partial charge in [0.15, 0.2) is 0 Å². The van der Waals surface area contributed by atoms with Gasteiger partial charge in [-0.3, -0.25) is 14.5 Å². The molecule has 4 amide bonds. The Kier molecular flexibility index (Phi) is 13.6. The van der Waals surface area contributed by atoms with Crippen LogP contribution in [0.5, 0.6) is 0 Å². The Morgan fingerprint density at radius 1 is 0.677 bits per heavy atom. The fraction of sp³-hybridized carbons (Fsp3) is 0.435. The number of methoxy groups -OCH3 is 1. The summed E-state index contributed by atoms with van der Waals surface area (Å²) in [6, 6.07) is 18.3. The van der Waals surface area contributed by atoms with Crippen molar-refractivity contribution in [3.8, 4) is 33.6 Å². The molecule has 3 aromatic carbocycles. The molecule has 2 aliphatic rings. The number of hydrogen-bond donors (Lipinski definition) is 4. The van der Waals surface area contributed by atoms with E-state index < -0.39 is 36.4 Å². The molecule has 5 aromatic rings. The molecule has 0 radical (unpaired) electrons. The van der Waals surface area contributed by atoms with E-state index in [-0.39, 0.29) is 23.7 Å². The lowest BCUT2D eigenvalue weighted by molar-refractivity contribution is -0.140. The predicted molar refractivity (Wildman–Crippen MR) is 233 cm³/mol. The number of carbonyl (C=O) groups is 4. The lowest BCUT2D eigenvalue weighted by Crippen LogP contribution is -2.53. The first-order valence-corrected chi connectivity index (χ1v) is 21.1. The molecule has 4 N–H and O–H groups in total. The van der Waals surface area contributed by atoms with Crippen LogP contribution in [-0.2, 0) is 23.8 Å². The molecule has 0 bridgehead atoms. The van der Waals surface area contributed by atoms with E-state index in [1.165, 1.54) is 14.2 Å². The number of fused-ring (bicyclic) bond motifs is 1. The lowest BCUT2D eigenvalue weighted by Gasteiger charge is -2.37. The van der Waals surface area contributed by atoms with Gasteiger partial charge in [0.25, 0.3) is 0 Å². The van der Waals surface area contributed by atoms with E-state index in [0.717, 1.165) is 49.3 Å². The summed E-state index contributed by atoms with van der Waals surface area (Å²) in [5.41, 5.74) is 5.43. The van der Waals surface area contributed by atoms with Gasteiger partial charge in [-0.25, -0.2) is 19.6 Å². The van der Waals surface area contributed by atoms with Gasteiger partial charge >= 0.3 is 12.2 Å². The second-order valence-corrected chi connectivity index (χ2v) is 16.3. The van der Waals surface area contributed by atoms with Gasteiger partial charge in [-0.15, -0.1) is 0 Å². The number of likely N-dealkylation sites (N-methyl/N-ethyl adjacent to an activating group) is 3. The largest absolute Gasteiger partial charge is 0.465 e. The van der Waals surface area contributed by atoms with Gasteiger partial charge in [0.05, 0.1) is 30.6 Å². The van der Waals surface area contributed by atoms with Gasteiger partial charge in [0.2, 0.25) is 11.8 Å². The van der Waals surface area contributed by atoms with E-state index in [4.69, 9.17) is 24.2 Å². The molecule has 0 spiro atoms. The van der Waals surface area contributed by atoms with Gasteiger partial charge in [-0.05, 0) is 85.4 Å². The number of nitrogens with one attached hydrogen (secondary N) is 3. The van der Waals surface area contributed by atoms with Crippen molar-refractivity contribution in [2.75, 3.05) is 54.7 Å². The van der Waals surface area contributed by atoms with E-state index in [2.05, 4.69) is 57.7 Å². The number of amides is 4. The number of benzene rings is 3. The molecule has 2 saturated heterocycles. The summed E-state index contributed by atoms with van der Waals surface area (Å²) in [5.74, 6) is 0.554. The van der Waals surface area contributed by atoms with Crippen LogP contribution < -0.4 is 5.32 Å². The summed E-state index contributed by atoms with van der Waals surface area (Å²) in [4.78, 5) is 72.1. The quantitative estimate of drug-likeness (QED) is 0.0970. The lowest BCUT2D eigenvalue weighted by atomic mass is 9.89. The van der Waals surface area contributed by atoms with Gasteiger partial charge in [-0.2, -0.15) is 0 Å². The minimum absolute atomic E-state index is 0.0626. The highest BCUT2D eigenvalue weighted by atomic mass is 16.5. The maximum absolute atomic E-state index is 13.8. The maximum Gasteiger partial charge on any atom is 0.407 e. The third kappa shape index (κ3) is 9.45. The molecule has 4 heterocycles. The Hall–Kier alpha value is -6.26. The second kappa shape index (κ2) is 19.2. The van der Waals surface area contributed by atoms with Gasteiger partial charge in [0, 0.05) is 71.1 Å². The monoisotopic (exact) mass is 848 g/mol. The number of imidazole rings is 2. The topological polar surface area (TPSA) is 195 Å². The fourth-order valence-electron chi connectivity index (χ4n) is 8.44. The molecule has 7 rings (SSSR count). The third-order valence-electron chi connectivity index (χ3n) is 12.6. The summed E-state index contributed by atoms with van der Waals surface area (Å²) < 4.78 is 15.8. The minimum atomic E-state index is -1.14. The number of carboxylic acid groups (broad SMARTS) is 1. The van der Waals surface area contributed by atoms with Gasteiger partial charge in [0.1, 0.15) is 23.7 Å². The standard InChI is InChI=1S/C46H56N8O8/c1-27(52(3)43(55)39(51-45(57)60-6)31-15-19-61-20-16-31)41-48-26-38(50-41)36-14-13-34-23-33(11-12-35(34)24-36)29-7-9-30(10-8-29)37-25-47-42(49-37)28(2)53(4)44(56)40(54(5)46(58)59)32-17-21-62-22-18-32/h7-14,23-28,31-32,39-40H,15-22H2,1-6H3,(H,47,49)(H,48,50)(H,51,57)(H,58,59)/t27-,28-,39-,40-/m0/s1. The zero-order valence-electron chi connectivity index (χ0n) is 36.1. The van der Waals surface area contributed by atoms with E-state index in [1.807, 2.05) is 44.4 Å². The van der Waals surface area contributed by atoms with Crippen LogP contribution in [-0.4, -0.2) is 131 Å². The molecule has 4 atom stereocenters. The zero-order chi connectivity index (χ0) is 44.1. The maximum atomic E-state index is 13.8. The number of alkyl carbamates (subject to hydrolysis) is 1. The molecule has 0 unspecified atom stereocenters. The Balaban J connectivity index is 1.00. The van der Waals surface area contributed by atoms with Crippen molar-refractivity contribution in [2.45, 2.75) is 63.7 Å². The molecule has 328 valence electrons. The molecular formula is C46H56N8O8. The smallest absolute Gasteiger partial charge is 0.407 e. The van der Waals surface area contributed by atoms with Crippen molar-refractivity contribution in [2.24, 2.45) is 11.8 Å². The Labute approximate surface area is 360 Å². The Morgan fingerprint density at radius 3 is 1.69 bits per heavy atom. The molecule has 0 saturated carbocycles. The van der Waals surface area contributed by atoms with Crippen molar-refractivity contribution >= 4 is 34.8 Å². The number of aromatic nitrogens is 4. The molecule has 2 aromatic heterocycles. The van der Waals surface area contributed by atoms with Crippen LogP contribution in [0.2, 0.25) is 0 Å². The van der Waals surface area contributed by atoms with Crippen LogP contribution in [0.1, 0.15) is 63.3 Å². The first-order chi connectivity index (χ1) is 29.8. The highest BCUT2D eigenvalue weighted by Crippen LogP contribution is 2.32. The first-order valence-electron chi connectivity index (χ1n) is 21.1. The fourth-order valence-corrected chi connectivity index (χ4v) is 8.44. The molecule has 16 nitrogen and oxygen atoms in total.